The summed E-state index contributed by atoms with van der Waals surface area (Å²) in [5.41, 5.74) is 0.0647. The van der Waals surface area contributed by atoms with Crippen LogP contribution in [0.1, 0.15) is 39.0 Å². The summed E-state index contributed by atoms with van der Waals surface area (Å²) in [7, 11) is 0. The quantitative estimate of drug-likeness (QED) is 0.727. The van der Waals surface area contributed by atoms with Crippen LogP contribution in [-0.4, -0.2) is 35.6 Å². The molecule has 1 saturated heterocycles. The molecule has 1 aliphatic rings. The zero-order valence-electron chi connectivity index (χ0n) is 10.2. The average molecular weight is 225 g/mol. The molecule has 0 aromatic carbocycles. The molecule has 0 radical (unpaired) electrons. The van der Waals surface area contributed by atoms with Crippen molar-refractivity contribution >= 4 is 5.91 Å². The molecule has 16 heavy (non-hydrogen) atoms. The van der Waals surface area contributed by atoms with E-state index in [2.05, 4.69) is 13.5 Å². The lowest BCUT2D eigenvalue weighted by Crippen LogP contribution is -2.44. The highest BCUT2D eigenvalue weighted by atomic mass is 16.3. The molecule has 0 atom stereocenters. The van der Waals surface area contributed by atoms with Crippen LogP contribution in [0.25, 0.3) is 0 Å². The van der Waals surface area contributed by atoms with Gasteiger partial charge in [-0.05, 0) is 31.1 Å². The Bertz CT molecular complexity index is 236. The van der Waals surface area contributed by atoms with E-state index in [1.165, 1.54) is 0 Å². The highest BCUT2D eigenvalue weighted by molar-refractivity contribution is 5.76. The lowest BCUT2D eigenvalue weighted by atomic mass is 9.77. The number of carbonyl (C=O) groups excluding carboxylic acids is 1. The second-order valence-electron chi connectivity index (χ2n) is 4.72. The number of aliphatic hydroxyl groups excluding tert-OH is 1. The Labute approximate surface area is 98.1 Å². The van der Waals surface area contributed by atoms with Gasteiger partial charge in [-0.1, -0.05) is 13.0 Å². The average Bonchev–Trinajstić information content (AvgIpc) is 2.36. The Kier molecular flexibility index (Phi) is 5.00. The van der Waals surface area contributed by atoms with Gasteiger partial charge in [-0.2, -0.15) is 0 Å². The molecule has 92 valence electrons. The van der Waals surface area contributed by atoms with Crippen molar-refractivity contribution in [2.75, 3.05) is 19.7 Å². The summed E-state index contributed by atoms with van der Waals surface area (Å²) in [4.78, 5) is 13.7. The highest BCUT2D eigenvalue weighted by Crippen LogP contribution is 2.34. The molecule has 1 rings (SSSR count). The minimum absolute atomic E-state index is 0.0647. The molecule has 1 fully saturated rings. The number of nitrogens with zero attached hydrogens (tertiary/aromatic N) is 1. The number of rotatable bonds is 5. The summed E-state index contributed by atoms with van der Waals surface area (Å²) >= 11 is 0. The van der Waals surface area contributed by atoms with Crippen molar-refractivity contribution in [2.45, 2.75) is 39.0 Å². The number of hydrogen-bond donors (Lipinski definition) is 1. The first-order valence-corrected chi connectivity index (χ1v) is 6.17. The van der Waals surface area contributed by atoms with Gasteiger partial charge in [0.05, 0.1) is 0 Å². The van der Waals surface area contributed by atoms with E-state index in [1.54, 1.807) is 6.08 Å². The number of amides is 1. The number of aliphatic hydroxyl groups is 1. The lowest BCUT2D eigenvalue weighted by molar-refractivity contribution is -0.134. The summed E-state index contributed by atoms with van der Waals surface area (Å²) in [6.45, 7) is 7.58. The number of hydrogen-bond acceptors (Lipinski definition) is 2. The Balaban J connectivity index is 2.41. The first-order chi connectivity index (χ1) is 7.67. The lowest BCUT2D eigenvalue weighted by Gasteiger charge is -2.40. The summed E-state index contributed by atoms with van der Waals surface area (Å²) in [6, 6.07) is 0. The van der Waals surface area contributed by atoms with Gasteiger partial charge in [-0.25, -0.2) is 0 Å². The molecule has 0 aliphatic carbocycles. The second kappa shape index (κ2) is 6.04. The molecule has 3 heteroatoms. The van der Waals surface area contributed by atoms with E-state index in [9.17, 15) is 9.90 Å². The van der Waals surface area contributed by atoms with Crippen molar-refractivity contribution in [3.63, 3.8) is 0 Å². The van der Waals surface area contributed by atoms with E-state index in [4.69, 9.17) is 0 Å². The van der Waals surface area contributed by atoms with Crippen LogP contribution in [0.4, 0.5) is 0 Å². The smallest absolute Gasteiger partial charge is 0.222 e. The summed E-state index contributed by atoms with van der Waals surface area (Å²) in [5, 5.41) is 9.39. The van der Waals surface area contributed by atoms with E-state index >= 15 is 0 Å². The Hall–Kier alpha value is -0.830. The van der Waals surface area contributed by atoms with Gasteiger partial charge in [-0.3, -0.25) is 4.79 Å². The summed E-state index contributed by atoms with van der Waals surface area (Å²) < 4.78 is 0. The van der Waals surface area contributed by atoms with Gasteiger partial charge in [0.25, 0.3) is 0 Å². The van der Waals surface area contributed by atoms with E-state index in [-0.39, 0.29) is 17.9 Å². The zero-order valence-corrected chi connectivity index (χ0v) is 10.2. The van der Waals surface area contributed by atoms with Crippen molar-refractivity contribution < 1.29 is 9.90 Å². The van der Waals surface area contributed by atoms with Crippen molar-refractivity contribution in [3.8, 4) is 0 Å². The van der Waals surface area contributed by atoms with Gasteiger partial charge in [0, 0.05) is 26.1 Å². The van der Waals surface area contributed by atoms with Gasteiger partial charge in [0.1, 0.15) is 0 Å². The van der Waals surface area contributed by atoms with Gasteiger partial charge in [0.15, 0.2) is 0 Å². The fourth-order valence-corrected chi connectivity index (χ4v) is 2.24. The minimum atomic E-state index is 0.0647. The van der Waals surface area contributed by atoms with Crippen LogP contribution in [-0.2, 0) is 4.79 Å². The van der Waals surface area contributed by atoms with Crippen LogP contribution in [0.2, 0.25) is 0 Å². The van der Waals surface area contributed by atoms with Gasteiger partial charge in [-0.15, -0.1) is 6.58 Å². The maximum Gasteiger partial charge on any atom is 0.222 e. The Morgan fingerprint density at radius 2 is 2.12 bits per heavy atom. The Morgan fingerprint density at radius 1 is 1.50 bits per heavy atom. The highest BCUT2D eigenvalue weighted by Gasteiger charge is 2.33. The molecule has 1 amide bonds. The van der Waals surface area contributed by atoms with Crippen LogP contribution in [0.15, 0.2) is 12.7 Å². The topological polar surface area (TPSA) is 40.5 Å². The van der Waals surface area contributed by atoms with E-state index in [0.29, 0.717) is 6.42 Å². The molecular weight excluding hydrogens is 202 g/mol. The SMILES string of the molecule is C=CCCC(=O)N1CCC(CC)(CO)CC1. The van der Waals surface area contributed by atoms with Gasteiger partial charge < -0.3 is 10.0 Å². The van der Waals surface area contributed by atoms with Crippen molar-refractivity contribution in [1.29, 1.82) is 0 Å². The number of likely N-dealkylation sites (tertiary alicyclic amines) is 1. The molecule has 1 aliphatic heterocycles. The fraction of sp³-hybridized carbons (Fsp3) is 0.769. The van der Waals surface area contributed by atoms with Crippen LogP contribution in [0, 0.1) is 5.41 Å². The molecule has 1 N–H and O–H groups in total. The Morgan fingerprint density at radius 3 is 2.56 bits per heavy atom. The number of allylic oxidation sites excluding steroid dienone is 1. The standard InChI is InChI=1S/C13H23NO2/c1-3-5-6-12(16)14-9-7-13(4-2,11-15)8-10-14/h3,15H,1,4-11H2,2H3. The molecule has 3 nitrogen and oxygen atoms in total. The van der Waals surface area contributed by atoms with E-state index in [0.717, 1.165) is 38.8 Å². The third-order valence-corrected chi connectivity index (χ3v) is 3.82. The first-order valence-electron chi connectivity index (χ1n) is 6.17. The monoisotopic (exact) mass is 225 g/mol. The van der Waals surface area contributed by atoms with Crippen molar-refractivity contribution in [1.82, 2.24) is 4.90 Å². The van der Waals surface area contributed by atoms with Crippen molar-refractivity contribution in [2.24, 2.45) is 5.41 Å². The van der Waals surface area contributed by atoms with E-state index < -0.39 is 0 Å². The molecule has 0 saturated carbocycles. The largest absolute Gasteiger partial charge is 0.396 e. The molecule has 0 aromatic heterocycles. The molecule has 0 unspecified atom stereocenters. The fourth-order valence-electron chi connectivity index (χ4n) is 2.24. The van der Waals surface area contributed by atoms with E-state index in [1.807, 2.05) is 4.90 Å². The summed E-state index contributed by atoms with van der Waals surface area (Å²) in [6.07, 6.45) is 5.97. The third kappa shape index (κ3) is 3.08. The van der Waals surface area contributed by atoms with Crippen molar-refractivity contribution in [3.05, 3.63) is 12.7 Å². The normalized spacial score (nSPS) is 19.5. The molecule has 1 heterocycles. The maximum atomic E-state index is 11.8. The van der Waals surface area contributed by atoms with Crippen LogP contribution in [0.5, 0.6) is 0 Å². The molecular formula is C13H23NO2. The number of piperidine rings is 1. The zero-order chi connectivity index (χ0) is 12.0. The second-order valence-corrected chi connectivity index (χ2v) is 4.72. The maximum absolute atomic E-state index is 11.8. The molecule has 0 bridgehead atoms. The van der Waals surface area contributed by atoms with Gasteiger partial charge >= 0.3 is 0 Å². The number of carbonyl (C=O) groups is 1. The molecule has 0 aromatic rings. The van der Waals surface area contributed by atoms with Crippen LogP contribution < -0.4 is 0 Å². The van der Waals surface area contributed by atoms with Crippen LogP contribution >= 0.6 is 0 Å². The predicted molar refractivity (Wildman–Crippen MR) is 65.1 cm³/mol. The van der Waals surface area contributed by atoms with Crippen LogP contribution in [0.3, 0.4) is 0 Å². The third-order valence-electron chi connectivity index (χ3n) is 3.82. The molecule has 0 spiro atoms. The summed E-state index contributed by atoms with van der Waals surface area (Å²) in [5.74, 6) is 0.225. The minimum Gasteiger partial charge on any atom is -0.396 e. The van der Waals surface area contributed by atoms with Gasteiger partial charge in [0.2, 0.25) is 5.91 Å². The predicted octanol–water partition coefficient (Wildman–Crippen LogP) is 1.96. The first kappa shape index (κ1) is 13.2.